The molecular weight excluding hydrogens is 210 g/mol. The summed E-state index contributed by atoms with van der Waals surface area (Å²) in [5.74, 6) is 0.811. The molecule has 2 fully saturated rings. The maximum absolute atomic E-state index is 5.83. The van der Waals surface area contributed by atoms with Gasteiger partial charge in [-0.05, 0) is 56.5 Å². The van der Waals surface area contributed by atoms with Crippen molar-refractivity contribution >= 4 is 0 Å². The van der Waals surface area contributed by atoms with Crippen LogP contribution in [0.15, 0.2) is 0 Å². The Hall–Kier alpha value is -0.0800. The van der Waals surface area contributed by atoms with Crippen LogP contribution in [0.5, 0.6) is 0 Å². The molecule has 1 aliphatic heterocycles. The molecule has 1 aliphatic carbocycles. The Kier molecular flexibility index (Phi) is 4.48. The Morgan fingerprint density at radius 2 is 1.88 bits per heavy atom. The zero-order chi connectivity index (χ0) is 12.3. The molecule has 1 saturated carbocycles. The van der Waals surface area contributed by atoms with Crippen molar-refractivity contribution in [3.63, 3.8) is 0 Å². The van der Waals surface area contributed by atoms with Crippen molar-refractivity contribution in [2.45, 2.75) is 59.0 Å². The van der Waals surface area contributed by atoms with E-state index in [1.54, 1.807) is 0 Å². The van der Waals surface area contributed by atoms with Gasteiger partial charge in [-0.3, -0.25) is 0 Å². The lowest BCUT2D eigenvalue weighted by Gasteiger charge is -2.52. The molecular formula is C15H29NO. The van der Waals surface area contributed by atoms with Gasteiger partial charge in [0, 0.05) is 13.2 Å². The number of likely N-dealkylation sites (tertiary alicyclic amines) is 1. The van der Waals surface area contributed by atoms with Gasteiger partial charge in [-0.1, -0.05) is 20.8 Å². The van der Waals surface area contributed by atoms with E-state index in [0.29, 0.717) is 11.5 Å². The van der Waals surface area contributed by atoms with Gasteiger partial charge < -0.3 is 9.64 Å². The van der Waals surface area contributed by atoms with E-state index in [-0.39, 0.29) is 0 Å². The number of nitrogens with zero attached hydrogens (tertiary/aromatic N) is 1. The fourth-order valence-electron chi connectivity index (χ4n) is 3.44. The molecule has 100 valence electrons. The monoisotopic (exact) mass is 239 g/mol. The van der Waals surface area contributed by atoms with E-state index < -0.39 is 0 Å². The van der Waals surface area contributed by atoms with Crippen LogP contribution >= 0.6 is 0 Å². The number of ether oxygens (including phenoxy) is 1. The van der Waals surface area contributed by atoms with Crippen molar-refractivity contribution in [3.8, 4) is 0 Å². The van der Waals surface area contributed by atoms with Gasteiger partial charge in [0.05, 0.1) is 6.10 Å². The van der Waals surface area contributed by atoms with Gasteiger partial charge in [0.1, 0.15) is 0 Å². The molecule has 2 nitrogen and oxygen atoms in total. The minimum Gasteiger partial charge on any atom is -0.378 e. The molecule has 0 aromatic heterocycles. The third-order valence-electron chi connectivity index (χ3n) is 4.42. The molecule has 0 aromatic rings. The summed E-state index contributed by atoms with van der Waals surface area (Å²) in [4.78, 5) is 2.65. The van der Waals surface area contributed by atoms with Gasteiger partial charge in [0.15, 0.2) is 0 Å². The second-order valence-corrected chi connectivity index (χ2v) is 6.60. The molecule has 0 aromatic carbocycles. The Morgan fingerprint density at radius 3 is 2.41 bits per heavy atom. The predicted molar refractivity (Wildman–Crippen MR) is 72.2 cm³/mol. The van der Waals surface area contributed by atoms with Crippen molar-refractivity contribution < 1.29 is 4.74 Å². The molecule has 0 bridgehead atoms. The highest BCUT2D eigenvalue weighted by Gasteiger charge is 2.46. The lowest BCUT2D eigenvalue weighted by Crippen LogP contribution is -2.50. The third-order valence-corrected chi connectivity index (χ3v) is 4.42. The Morgan fingerprint density at radius 1 is 1.24 bits per heavy atom. The fourth-order valence-corrected chi connectivity index (χ4v) is 3.44. The lowest BCUT2D eigenvalue weighted by molar-refractivity contribution is -0.105. The van der Waals surface area contributed by atoms with E-state index in [4.69, 9.17) is 4.74 Å². The summed E-state index contributed by atoms with van der Waals surface area (Å²) in [7, 11) is 0. The smallest absolute Gasteiger partial charge is 0.0585 e. The molecule has 0 amide bonds. The van der Waals surface area contributed by atoms with Gasteiger partial charge in [-0.25, -0.2) is 0 Å². The van der Waals surface area contributed by atoms with Crippen LogP contribution in [-0.2, 0) is 4.74 Å². The highest BCUT2D eigenvalue weighted by Crippen LogP contribution is 2.50. The van der Waals surface area contributed by atoms with E-state index in [1.807, 2.05) is 0 Å². The minimum absolute atomic E-state index is 0.589. The Bertz CT molecular complexity index is 223. The lowest BCUT2D eigenvalue weighted by atomic mass is 9.61. The molecule has 1 saturated heterocycles. The van der Waals surface area contributed by atoms with Crippen LogP contribution in [0.4, 0.5) is 0 Å². The summed E-state index contributed by atoms with van der Waals surface area (Å²) in [6, 6.07) is 0. The second kappa shape index (κ2) is 5.71. The first-order chi connectivity index (χ1) is 8.13. The van der Waals surface area contributed by atoms with E-state index in [1.165, 1.54) is 45.3 Å². The number of hydrogen-bond donors (Lipinski definition) is 0. The number of hydrogen-bond acceptors (Lipinski definition) is 2. The fraction of sp³-hybridized carbons (Fsp3) is 1.00. The van der Waals surface area contributed by atoms with Crippen LogP contribution in [-0.4, -0.2) is 37.2 Å². The minimum atomic E-state index is 0.589. The SMILES string of the molecule is CCCOC1CC2(CCN(CC(C)C)CC2)C1. The summed E-state index contributed by atoms with van der Waals surface area (Å²) in [6.07, 6.45) is 7.24. The highest BCUT2D eigenvalue weighted by molar-refractivity contribution is 4.97. The average Bonchev–Trinajstić information content (AvgIpc) is 2.25. The first kappa shape index (κ1) is 13.4. The summed E-state index contributed by atoms with van der Waals surface area (Å²) < 4.78 is 5.83. The molecule has 0 radical (unpaired) electrons. The van der Waals surface area contributed by atoms with Crippen LogP contribution in [0.3, 0.4) is 0 Å². The summed E-state index contributed by atoms with van der Waals surface area (Å²) in [6.45, 7) is 11.7. The van der Waals surface area contributed by atoms with Crippen LogP contribution < -0.4 is 0 Å². The highest BCUT2D eigenvalue weighted by atomic mass is 16.5. The molecule has 1 heterocycles. The average molecular weight is 239 g/mol. The quantitative estimate of drug-likeness (QED) is 0.730. The maximum atomic E-state index is 5.83. The Labute approximate surface area is 107 Å². The molecule has 2 rings (SSSR count). The van der Waals surface area contributed by atoms with Gasteiger partial charge in [0.2, 0.25) is 0 Å². The van der Waals surface area contributed by atoms with Crippen molar-refractivity contribution in [3.05, 3.63) is 0 Å². The van der Waals surface area contributed by atoms with Gasteiger partial charge in [-0.15, -0.1) is 0 Å². The summed E-state index contributed by atoms with van der Waals surface area (Å²) in [5, 5.41) is 0. The number of rotatable bonds is 5. The standard InChI is InChI=1S/C15H29NO/c1-4-9-17-14-10-15(11-14)5-7-16(8-6-15)12-13(2)3/h13-14H,4-12H2,1-3H3. The van der Waals surface area contributed by atoms with Gasteiger partial charge in [-0.2, -0.15) is 0 Å². The first-order valence-electron chi connectivity index (χ1n) is 7.47. The molecule has 0 N–H and O–H groups in total. The molecule has 2 aliphatic rings. The van der Waals surface area contributed by atoms with E-state index in [9.17, 15) is 0 Å². The largest absolute Gasteiger partial charge is 0.378 e. The normalized spacial score (nSPS) is 25.4. The van der Waals surface area contributed by atoms with Crippen molar-refractivity contribution in [1.82, 2.24) is 4.90 Å². The first-order valence-corrected chi connectivity index (χ1v) is 7.47. The molecule has 17 heavy (non-hydrogen) atoms. The maximum Gasteiger partial charge on any atom is 0.0585 e. The van der Waals surface area contributed by atoms with Gasteiger partial charge >= 0.3 is 0 Å². The molecule has 1 spiro atoms. The van der Waals surface area contributed by atoms with Crippen LogP contribution in [0, 0.1) is 11.3 Å². The summed E-state index contributed by atoms with van der Waals surface area (Å²) >= 11 is 0. The van der Waals surface area contributed by atoms with Crippen LogP contribution in [0.2, 0.25) is 0 Å². The molecule has 0 unspecified atom stereocenters. The van der Waals surface area contributed by atoms with Gasteiger partial charge in [0.25, 0.3) is 0 Å². The summed E-state index contributed by atoms with van der Waals surface area (Å²) in [5.41, 5.74) is 0.673. The number of piperidine rings is 1. The van der Waals surface area contributed by atoms with Crippen molar-refractivity contribution in [2.75, 3.05) is 26.2 Å². The molecule has 2 heteroatoms. The van der Waals surface area contributed by atoms with Crippen LogP contribution in [0.25, 0.3) is 0 Å². The predicted octanol–water partition coefficient (Wildman–Crippen LogP) is 3.31. The van der Waals surface area contributed by atoms with E-state index in [2.05, 4.69) is 25.7 Å². The topological polar surface area (TPSA) is 12.5 Å². The van der Waals surface area contributed by atoms with Crippen LogP contribution in [0.1, 0.15) is 52.9 Å². The third kappa shape index (κ3) is 3.45. The second-order valence-electron chi connectivity index (χ2n) is 6.60. The zero-order valence-corrected chi connectivity index (χ0v) is 11.9. The zero-order valence-electron chi connectivity index (χ0n) is 11.9. The van der Waals surface area contributed by atoms with Crippen molar-refractivity contribution in [1.29, 1.82) is 0 Å². The Balaban J connectivity index is 1.66. The van der Waals surface area contributed by atoms with E-state index >= 15 is 0 Å². The van der Waals surface area contributed by atoms with E-state index in [0.717, 1.165) is 18.9 Å². The van der Waals surface area contributed by atoms with Crippen molar-refractivity contribution in [2.24, 2.45) is 11.3 Å². The molecule has 0 atom stereocenters.